The fourth-order valence-electron chi connectivity index (χ4n) is 3.26. The van der Waals surface area contributed by atoms with Gasteiger partial charge in [-0.15, -0.1) is 0 Å². The van der Waals surface area contributed by atoms with E-state index in [0.29, 0.717) is 0 Å². The first-order valence-corrected chi connectivity index (χ1v) is 7.75. The number of benzene rings is 3. The van der Waals surface area contributed by atoms with Crippen LogP contribution >= 0.6 is 0 Å². The van der Waals surface area contributed by atoms with Crippen LogP contribution in [-0.4, -0.2) is 7.11 Å². The van der Waals surface area contributed by atoms with E-state index in [1.807, 2.05) is 30.3 Å². The standard InChI is InChI=1S/C21H18O2/c1-13-14(2)21-18(16-9-5-7-11-20(16)23-21)12-17(13)15-8-4-6-10-19(15)22-3/h4-12H,1-3H3. The maximum Gasteiger partial charge on any atom is 0.138 e. The number of methoxy groups -OCH3 is 1. The third kappa shape index (κ3) is 2.02. The number of furan rings is 1. The Morgan fingerprint density at radius 3 is 2.35 bits per heavy atom. The molecule has 2 nitrogen and oxygen atoms in total. The summed E-state index contributed by atoms with van der Waals surface area (Å²) >= 11 is 0. The lowest BCUT2D eigenvalue weighted by Gasteiger charge is -2.13. The van der Waals surface area contributed by atoms with Gasteiger partial charge in [-0.05, 0) is 48.7 Å². The van der Waals surface area contributed by atoms with Gasteiger partial charge in [-0.25, -0.2) is 0 Å². The smallest absolute Gasteiger partial charge is 0.138 e. The fraction of sp³-hybridized carbons (Fsp3) is 0.143. The minimum absolute atomic E-state index is 0.891. The molecule has 0 amide bonds. The van der Waals surface area contributed by atoms with Crippen LogP contribution in [0.3, 0.4) is 0 Å². The van der Waals surface area contributed by atoms with E-state index >= 15 is 0 Å². The summed E-state index contributed by atoms with van der Waals surface area (Å²) in [5, 5.41) is 2.31. The monoisotopic (exact) mass is 302 g/mol. The van der Waals surface area contributed by atoms with Crippen LogP contribution in [0.25, 0.3) is 33.1 Å². The van der Waals surface area contributed by atoms with Crippen molar-refractivity contribution in [1.82, 2.24) is 0 Å². The van der Waals surface area contributed by atoms with Crippen LogP contribution in [0.4, 0.5) is 0 Å². The molecule has 0 aliphatic carbocycles. The third-order valence-electron chi connectivity index (χ3n) is 4.63. The first-order valence-electron chi connectivity index (χ1n) is 7.75. The average molecular weight is 302 g/mol. The summed E-state index contributed by atoms with van der Waals surface area (Å²) in [6, 6.07) is 18.6. The summed E-state index contributed by atoms with van der Waals surface area (Å²) in [4.78, 5) is 0. The molecule has 0 radical (unpaired) electrons. The number of hydrogen-bond acceptors (Lipinski definition) is 2. The van der Waals surface area contributed by atoms with Gasteiger partial charge in [-0.3, -0.25) is 0 Å². The molecule has 23 heavy (non-hydrogen) atoms. The predicted molar refractivity (Wildman–Crippen MR) is 95.2 cm³/mol. The van der Waals surface area contributed by atoms with Crippen LogP contribution in [0.15, 0.2) is 59.0 Å². The lowest BCUT2D eigenvalue weighted by Crippen LogP contribution is -1.92. The van der Waals surface area contributed by atoms with E-state index in [-0.39, 0.29) is 0 Å². The van der Waals surface area contributed by atoms with Crippen LogP contribution in [0.2, 0.25) is 0 Å². The maximum atomic E-state index is 6.08. The van der Waals surface area contributed by atoms with Gasteiger partial charge in [0.25, 0.3) is 0 Å². The predicted octanol–water partition coefficient (Wildman–Crippen LogP) is 5.88. The Kier molecular flexibility index (Phi) is 3.12. The van der Waals surface area contributed by atoms with E-state index < -0.39 is 0 Å². The zero-order chi connectivity index (χ0) is 16.0. The molecule has 0 fully saturated rings. The SMILES string of the molecule is COc1ccccc1-c1cc2c(oc3ccccc32)c(C)c1C. The molecule has 0 aliphatic heterocycles. The molecule has 4 aromatic rings. The van der Waals surface area contributed by atoms with Crippen LogP contribution < -0.4 is 4.74 Å². The molecule has 0 atom stereocenters. The minimum Gasteiger partial charge on any atom is -0.496 e. The Balaban J connectivity index is 2.11. The third-order valence-corrected chi connectivity index (χ3v) is 4.63. The minimum atomic E-state index is 0.891. The van der Waals surface area contributed by atoms with Crippen molar-refractivity contribution in [1.29, 1.82) is 0 Å². The molecule has 0 N–H and O–H groups in total. The molecule has 3 aromatic carbocycles. The first kappa shape index (κ1) is 13.9. The van der Waals surface area contributed by atoms with E-state index in [9.17, 15) is 0 Å². The van der Waals surface area contributed by atoms with Gasteiger partial charge >= 0.3 is 0 Å². The fourth-order valence-corrected chi connectivity index (χ4v) is 3.26. The normalized spacial score (nSPS) is 11.3. The Bertz CT molecular complexity index is 1020. The molecule has 0 saturated carbocycles. The lowest BCUT2D eigenvalue weighted by atomic mass is 9.93. The molecule has 114 valence electrons. The molecule has 2 heteroatoms. The van der Waals surface area contributed by atoms with E-state index in [1.165, 1.54) is 16.7 Å². The van der Waals surface area contributed by atoms with E-state index in [2.05, 4.69) is 38.1 Å². The van der Waals surface area contributed by atoms with Crippen molar-refractivity contribution in [3.05, 3.63) is 65.7 Å². The van der Waals surface area contributed by atoms with Gasteiger partial charge in [0.15, 0.2) is 0 Å². The summed E-state index contributed by atoms with van der Waals surface area (Å²) in [5.74, 6) is 0.891. The first-order chi connectivity index (χ1) is 11.2. The number of aryl methyl sites for hydroxylation is 1. The summed E-state index contributed by atoms with van der Waals surface area (Å²) in [6.45, 7) is 4.27. The number of fused-ring (bicyclic) bond motifs is 3. The van der Waals surface area contributed by atoms with Gasteiger partial charge in [-0.2, -0.15) is 0 Å². The average Bonchev–Trinajstić information content (AvgIpc) is 2.97. The molecule has 0 unspecified atom stereocenters. The number of para-hydroxylation sites is 2. The quantitative estimate of drug-likeness (QED) is 0.461. The summed E-state index contributed by atoms with van der Waals surface area (Å²) in [5.41, 5.74) is 6.62. The van der Waals surface area contributed by atoms with Gasteiger partial charge < -0.3 is 9.15 Å². The summed E-state index contributed by atoms with van der Waals surface area (Å²) in [7, 11) is 1.72. The highest BCUT2D eigenvalue weighted by Crippen LogP contribution is 2.39. The van der Waals surface area contributed by atoms with E-state index in [4.69, 9.17) is 9.15 Å². The molecule has 0 aliphatic rings. The Hall–Kier alpha value is -2.74. The number of rotatable bonds is 2. The second-order valence-electron chi connectivity index (χ2n) is 5.85. The second kappa shape index (κ2) is 5.17. The van der Waals surface area contributed by atoms with Crippen molar-refractivity contribution < 1.29 is 9.15 Å². The zero-order valence-corrected chi connectivity index (χ0v) is 13.5. The van der Waals surface area contributed by atoms with Gasteiger partial charge in [-0.1, -0.05) is 36.4 Å². The largest absolute Gasteiger partial charge is 0.496 e. The van der Waals surface area contributed by atoms with Crippen LogP contribution in [0.5, 0.6) is 5.75 Å². The highest BCUT2D eigenvalue weighted by Gasteiger charge is 2.16. The molecule has 1 heterocycles. The maximum absolute atomic E-state index is 6.08. The Labute approximate surface area is 135 Å². The molecule has 4 rings (SSSR count). The second-order valence-corrected chi connectivity index (χ2v) is 5.85. The lowest BCUT2D eigenvalue weighted by molar-refractivity contribution is 0.416. The molecular formula is C21H18O2. The van der Waals surface area contributed by atoms with Crippen molar-refractivity contribution in [3.8, 4) is 16.9 Å². The summed E-state index contributed by atoms with van der Waals surface area (Å²) < 4.78 is 11.6. The van der Waals surface area contributed by atoms with Gasteiger partial charge in [0.05, 0.1) is 7.11 Å². The topological polar surface area (TPSA) is 22.4 Å². The van der Waals surface area contributed by atoms with Gasteiger partial charge in [0.1, 0.15) is 16.9 Å². The Morgan fingerprint density at radius 1 is 0.783 bits per heavy atom. The molecule has 1 aromatic heterocycles. The van der Waals surface area contributed by atoms with Crippen LogP contribution in [-0.2, 0) is 0 Å². The van der Waals surface area contributed by atoms with Crippen molar-refractivity contribution in [2.75, 3.05) is 7.11 Å². The Morgan fingerprint density at radius 2 is 1.52 bits per heavy atom. The van der Waals surface area contributed by atoms with Crippen molar-refractivity contribution >= 4 is 21.9 Å². The molecule has 0 spiro atoms. The van der Waals surface area contributed by atoms with Crippen molar-refractivity contribution in [3.63, 3.8) is 0 Å². The highest BCUT2D eigenvalue weighted by molar-refractivity contribution is 6.08. The number of ether oxygens (including phenoxy) is 1. The van der Waals surface area contributed by atoms with E-state index in [1.54, 1.807) is 7.11 Å². The van der Waals surface area contributed by atoms with Gasteiger partial charge in [0, 0.05) is 16.3 Å². The van der Waals surface area contributed by atoms with E-state index in [0.717, 1.165) is 33.3 Å². The highest BCUT2D eigenvalue weighted by atomic mass is 16.5. The zero-order valence-electron chi connectivity index (χ0n) is 13.5. The molecule has 0 bridgehead atoms. The van der Waals surface area contributed by atoms with Gasteiger partial charge in [0.2, 0.25) is 0 Å². The summed E-state index contributed by atoms with van der Waals surface area (Å²) in [6.07, 6.45) is 0. The molecular weight excluding hydrogens is 284 g/mol. The molecule has 0 saturated heterocycles. The van der Waals surface area contributed by atoms with Crippen LogP contribution in [0.1, 0.15) is 11.1 Å². The van der Waals surface area contributed by atoms with Crippen LogP contribution in [0, 0.1) is 13.8 Å². The number of hydrogen-bond donors (Lipinski definition) is 0. The van der Waals surface area contributed by atoms with Crippen molar-refractivity contribution in [2.24, 2.45) is 0 Å². The van der Waals surface area contributed by atoms with Crippen molar-refractivity contribution in [2.45, 2.75) is 13.8 Å².